The van der Waals surface area contributed by atoms with Gasteiger partial charge in [0.15, 0.2) is 0 Å². The van der Waals surface area contributed by atoms with Gasteiger partial charge in [0.05, 0.1) is 5.56 Å². The van der Waals surface area contributed by atoms with Crippen LogP contribution in [0.4, 0.5) is 18.0 Å². The topological polar surface area (TPSA) is 71.2 Å². The van der Waals surface area contributed by atoms with Crippen molar-refractivity contribution in [2.75, 3.05) is 13.1 Å². The van der Waals surface area contributed by atoms with Gasteiger partial charge in [-0.2, -0.15) is 13.2 Å². The number of halogens is 3. The number of carbonyl (C=O) groups excluding carboxylic acids is 1. The summed E-state index contributed by atoms with van der Waals surface area (Å²) in [5, 5.41) is 3.47. The molecule has 3 N–H and O–H groups in total. The lowest BCUT2D eigenvalue weighted by atomic mass is 9.89. The molecule has 5 nitrogen and oxygen atoms in total. The van der Waals surface area contributed by atoms with Crippen LogP contribution < -0.4 is 11.1 Å². The van der Waals surface area contributed by atoms with Crippen molar-refractivity contribution < 1.29 is 18.0 Å². The van der Waals surface area contributed by atoms with Gasteiger partial charge in [-0.3, -0.25) is 4.98 Å². The first-order chi connectivity index (χ1) is 11.3. The molecule has 3 rings (SSSR count). The maximum Gasteiger partial charge on any atom is 0.417 e. The number of nitrogens with zero attached hydrogens (tertiary/aromatic N) is 2. The van der Waals surface area contributed by atoms with E-state index in [-0.39, 0.29) is 12.1 Å². The van der Waals surface area contributed by atoms with Crippen LogP contribution in [0.3, 0.4) is 0 Å². The van der Waals surface area contributed by atoms with E-state index in [0.717, 1.165) is 37.6 Å². The highest BCUT2D eigenvalue weighted by molar-refractivity contribution is 5.72. The Labute approximate surface area is 138 Å². The maximum absolute atomic E-state index is 13.0. The second-order valence-electron chi connectivity index (χ2n) is 6.47. The number of hydrogen-bond donors (Lipinski definition) is 2. The Bertz CT molecular complexity index is 612. The van der Waals surface area contributed by atoms with E-state index in [4.69, 9.17) is 5.73 Å². The molecule has 24 heavy (non-hydrogen) atoms. The van der Waals surface area contributed by atoms with Gasteiger partial charge < -0.3 is 16.0 Å². The van der Waals surface area contributed by atoms with Crippen LogP contribution in [0, 0.1) is 0 Å². The number of likely N-dealkylation sites (tertiary alicyclic amines) is 1. The lowest BCUT2D eigenvalue weighted by Crippen LogP contribution is -2.47. The summed E-state index contributed by atoms with van der Waals surface area (Å²) in [4.78, 5) is 16.8. The van der Waals surface area contributed by atoms with Crippen molar-refractivity contribution in [1.82, 2.24) is 15.2 Å². The number of alkyl halides is 3. The number of nitrogens with two attached hydrogens (primary N) is 1. The van der Waals surface area contributed by atoms with Crippen LogP contribution in [0.1, 0.15) is 48.5 Å². The maximum atomic E-state index is 13.0. The van der Waals surface area contributed by atoms with Gasteiger partial charge in [0.2, 0.25) is 0 Å². The number of hydrogen-bond acceptors (Lipinski definition) is 3. The molecule has 1 saturated heterocycles. The van der Waals surface area contributed by atoms with Gasteiger partial charge in [-0.05, 0) is 43.7 Å². The number of nitrogens with one attached hydrogen (secondary N) is 1. The third-order valence-corrected chi connectivity index (χ3v) is 4.86. The van der Waals surface area contributed by atoms with Crippen LogP contribution in [-0.4, -0.2) is 35.0 Å². The van der Waals surface area contributed by atoms with Crippen molar-refractivity contribution in [3.63, 3.8) is 0 Å². The van der Waals surface area contributed by atoms with Gasteiger partial charge in [-0.25, -0.2) is 4.79 Å². The van der Waals surface area contributed by atoms with Crippen LogP contribution in [0.5, 0.6) is 0 Å². The van der Waals surface area contributed by atoms with Crippen LogP contribution in [0.2, 0.25) is 0 Å². The fourth-order valence-electron chi connectivity index (χ4n) is 3.53. The first kappa shape index (κ1) is 17.0. The van der Waals surface area contributed by atoms with E-state index in [1.165, 1.54) is 6.07 Å². The average molecular weight is 342 g/mol. The molecule has 0 saturated carbocycles. The van der Waals surface area contributed by atoms with Gasteiger partial charge in [0.25, 0.3) is 0 Å². The predicted octanol–water partition coefficient (Wildman–Crippen LogP) is 2.61. The molecule has 0 bridgehead atoms. The standard InChI is InChI=1S/C16H21F3N4O/c17-16(18,19)10-8-12-13(21-9-10)2-1-3-14(12)22-11-4-6-23(7-5-11)15(20)24/h8-9,11,14,22H,1-7H2,(H2,20,24)/t14-/m0/s1. The first-order valence-electron chi connectivity index (χ1n) is 8.21. The molecule has 0 unspecified atom stereocenters. The SMILES string of the molecule is NC(=O)N1CCC(N[C@H]2CCCc3ncc(C(F)(F)F)cc32)CC1. The van der Waals surface area contributed by atoms with Crippen molar-refractivity contribution in [2.24, 2.45) is 5.73 Å². The van der Waals surface area contributed by atoms with Crippen molar-refractivity contribution >= 4 is 6.03 Å². The zero-order chi connectivity index (χ0) is 17.3. The van der Waals surface area contributed by atoms with E-state index < -0.39 is 17.8 Å². The molecule has 2 aliphatic rings. The van der Waals surface area contributed by atoms with Crippen LogP contribution in [0.25, 0.3) is 0 Å². The van der Waals surface area contributed by atoms with E-state index in [2.05, 4.69) is 10.3 Å². The number of amides is 2. The van der Waals surface area contributed by atoms with Crippen LogP contribution in [0.15, 0.2) is 12.3 Å². The van der Waals surface area contributed by atoms with E-state index in [0.29, 0.717) is 25.1 Å². The zero-order valence-electron chi connectivity index (χ0n) is 13.3. The third-order valence-electron chi connectivity index (χ3n) is 4.86. The Morgan fingerprint density at radius 1 is 1.29 bits per heavy atom. The molecule has 1 fully saturated rings. The van der Waals surface area contributed by atoms with E-state index in [9.17, 15) is 18.0 Å². The lowest BCUT2D eigenvalue weighted by Gasteiger charge is -2.35. The second-order valence-corrected chi connectivity index (χ2v) is 6.47. The van der Waals surface area contributed by atoms with Gasteiger partial charge in [-0.15, -0.1) is 0 Å². The second kappa shape index (κ2) is 6.58. The van der Waals surface area contributed by atoms with E-state index >= 15 is 0 Å². The third kappa shape index (κ3) is 3.63. The van der Waals surface area contributed by atoms with E-state index in [1.54, 1.807) is 4.90 Å². The summed E-state index contributed by atoms with van der Waals surface area (Å²) >= 11 is 0. The summed E-state index contributed by atoms with van der Waals surface area (Å²) in [6.45, 7) is 1.15. The minimum Gasteiger partial charge on any atom is -0.351 e. The number of primary amides is 1. The van der Waals surface area contributed by atoms with Crippen molar-refractivity contribution in [3.8, 4) is 0 Å². The van der Waals surface area contributed by atoms with Crippen LogP contribution >= 0.6 is 0 Å². The van der Waals surface area contributed by atoms with Gasteiger partial charge in [0.1, 0.15) is 0 Å². The molecule has 1 aromatic heterocycles. The highest BCUT2D eigenvalue weighted by Crippen LogP contribution is 2.35. The number of rotatable bonds is 2. The summed E-state index contributed by atoms with van der Waals surface area (Å²) < 4.78 is 38.9. The summed E-state index contributed by atoms with van der Waals surface area (Å²) in [5.41, 5.74) is 5.99. The number of aromatic nitrogens is 1. The summed E-state index contributed by atoms with van der Waals surface area (Å²) in [5.74, 6) is 0. The van der Waals surface area contributed by atoms with Crippen LogP contribution in [-0.2, 0) is 12.6 Å². The normalized spacial score (nSPS) is 22.3. The monoisotopic (exact) mass is 342 g/mol. The van der Waals surface area contributed by atoms with Crippen molar-refractivity contribution in [3.05, 3.63) is 29.1 Å². The fraction of sp³-hybridized carbons (Fsp3) is 0.625. The van der Waals surface area contributed by atoms with Crippen molar-refractivity contribution in [2.45, 2.75) is 50.4 Å². The number of pyridine rings is 1. The summed E-state index contributed by atoms with van der Waals surface area (Å²) in [6, 6.07) is 0.868. The number of fused-ring (bicyclic) bond motifs is 1. The van der Waals surface area contributed by atoms with Gasteiger partial charge in [0, 0.05) is 37.1 Å². The Morgan fingerprint density at radius 3 is 2.62 bits per heavy atom. The van der Waals surface area contributed by atoms with E-state index in [1.807, 2.05) is 0 Å². The molecule has 2 amide bonds. The summed E-state index contributed by atoms with van der Waals surface area (Å²) in [6.07, 6.45) is 0.465. The molecule has 0 spiro atoms. The number of urea groups is 1. The molecule has 1 atom stereocenters. The average Bonchev–Trinajstić information content (AvgIpc) is 2.54. The number of carbonyl (C=O) groups is 1. The minimum atomic E-state index is -4.38. The van der Waals surface area contributed by atoms with Gasteiger partial charge >= 0.3 is 12.2 Å². The molecular formula is C16H21F3N4O. The van der Waals surface area contributed by atoms with Gasteiger partial charge in [-0.1, -0.05) is 0 Å². The summed E-state index contributed by atoms with van der Waals surface area (Å²) in [7, 11) is 0. The molecule has 1 aromatic rings. The molecule has 2 heterocycles. The number of piperidine rings is 1. The highest BCUT2D eigenvalue weighted by atomic mass is 19.4. The quantitative estimate of drug-likeness (QED) is 0.868. The largest absolute Gasteiger partial charge is 0.417 e. The molecule has 1 aliphatic heterocycles. The Balaban J connectivity index is 1.71. The van der Waals surface area contributed by atoms with Crippen molar-refractivity contribution in [1.29, 1.82) is 0 Å². The Kier molecular flexibility index (Phi) is 4.67. The highest BCUT2D eigenvalue weighted by Gasteiger charge is 2.34. The number of aryl methyl sites for hydroxylation is 1. The first-order valence-corrected chi connectivity index (χ1v) is 8.21. The Morgan fingerprint density at radius 2 is 2.00 bits per heavy atom. The Hall–Kier alpha value is -1.83. The molecule has 0 aromatic carbocycles. The minimum absolute atomic E-state index is 0.117. The molecule has 132 valence electrons. The zero-order valence-corrected chi connectivity index (χ0v) is 13.3. The lowest BCUT2D eigenvalue weighted by molar-refractivity contribution is -0.137. The molecule has 0 radical (unpaired) electrons. The molecule has 8 heteroatoms. The predicted molar refractivity (Wildman–Crippen MR) is 82.2 cm³/mol. The molecular weight excluding hydrogens is 321 g/mol. The molecule has 1 aliphatic carbocycles. The smallest absolute Gasteiger partial charge is 0.351 e. The fourth-order valence-corrected chi connectivity index (χ4v) is 3.53.